The Hall–Kier alpha value is -1.77. The average Bonchev–Trinajstić information content (AvgIpc) is 2.90. The van der Waals surface area contributed by atoms with Gasteiger partial charge in [0.25, 0.3) is 0 Å². The fourth-order valence-corrected chi connectivity index (χ4v) is 2.77. The highest BCUT2D eigenvalue weighted by atomic mass is 35.5. The Kier molecular flexibility index (Phi) is 4.28. The molecule has 0 atom stereocenters. The van der Waals surface area contributed by atoms with Gasteiger partial charge in [-0.25, -0.2) is 0 Å². The zero-order chi connectivity index (χ0) is 14.7. The van der Waals surface area contributed by atoms with Crippen LogP contribution in [0.15, 0.2) is 54.7 Å². The van der Waals surface area contributed by atoms with E-state index in [0.717, 1.165) is 30.2 Å². The second-order valence-electron chi connectivity index (χ2n) is 5.21. The molecule has 0 spiro atoms. The van der Waals surface area contributed by atoms with E-state index in [1.54, 1.807) is 0 Å². The molecule has 3 aromatic rings. The van der Waals surface area contributed by atoms with Gasteiger partial charge < -0.3 is 9.88 Å². The summed E-state index contributed by atoms with van der Waals surface area (Å²) in [5, 5.41) is 5.46. The number of nitrogens with one attached hydrogen (secondary N) is 1. The fraction of sp³-hybridized carbons (Fsp3) is 0.222. The molecule has 0 saturated heterocycles. The molecule has 0 fully saturated rings. The van der Waals surface area contributed by atoms with Crippen LogP contribution in [-0.2, 0) is 13.1 Å². The van der Waals surface area contributed by atoms with E-state index >= 15 is 0 Å². The lowest BCUT2D eigenvalue weighted by molar-refractivity contribution is 0.727. The van der Waals surface area contributed by atoms with Crippen LogP contribution in [-0.4, -0.2) is 11.1 Å². The second kappa shape index (κ2) is 6.33. The van der Waals surface area contributed by atoms with Gasteiger partial charge in [-0.2, -0.15) is 0 Å². The van der Waals surface area contributed by atoms with E-state index in [-0.39, 0.29) is 0 Å². The Labute approximate surface area is 130 Å². The number of hydrogen-bond donors (Lipinski definition) is 1. The molecule has 1 heterocycles. The van der Waals surface area contributed by atoms with Crippen molar-refractivity contribution in [3.63, 3.8) is 0 Å². The van der Waals surface area contributed by atoms with Gasteiger partial charge in [0.2, 0.25) is 0 Å². The molecule has 3 heteroatoms. The SMILES string of the molecule is CCNCc1ccc2c(ccn2Cc2ccccc2Cl)c1. The van der Waals surface area contributed by atoms with Gasteiger partial charge in [-0.15, -0.1) is 0 Å². The van der Waals surface area contributed by atoms with Gasteiger partial charge in [-0.05, 0) is 47.3 Å². The van der Waals surface area contributed by atoms with Crippen LogP contribution in [0.3, 0.4) is 0 Å². The molecule has 2 aromatic carbocycles. The summed E-state index contributed by atoms with van der Waals surface area (Å²) in [6, 6.07) is 16.8. The van der Waals surface area contributed by atoms with Crippen LogP contribution in [0.25, 0.3) is 10.9 Å². The molecule has 0 amide bonds. The van der Waals surface area contributed by atoms with Crippen molar-refractivity contribution in [2.75, 3.05) is 6.54 Å². The van der Waals surface area contributed by atoms with Crippen molar-refractivity contribution in [3.8, 4) is 0 Å². The van der Waals surface area contributed by atoms with E-state index in [9.17, 15) is 0 Å². The quantitative estimate of drug-likeness (QED) is 0.736. The van der Waals surface area contributed by atoms with Crippen molar-refractivity contribution in [1.29, 1.82) is 0 Å². The highest BCUT2D eigenvalue weighted by Gasteiger charge is 2.05. The molecule has 0 aliphatic heterocycles. The van der Waals surface area contributed by atoms with Crippen molar-refractivity contribution >= 4 is 22.5 Å². The molecular formula is C18H19ClN2. The smallest absolute Gasteiger partial charge is 0.0490 e. The summed E-state index contributed by atoms with van der Waals surface area (Å²) in [4.78, 5) is 0. The molecule has 108 valence electrons. The summed E-state index contributed by atoms with van der Waals surface area (Å²) >= 11 is 6.25. The first-order valence-electron chi connectivity index (χ1n) is 7.30. The highest BCUT2D eigenvalue weighted by Crippen LogP contribution is 2.22. The largest absolute Gasteiger partial charge is 0.343 e. The van der Waals surface area contributed by atoms with E-state index in [2.05, 4.69) is 53.3 Å². The maximum atomic E-state index is 6.25. The lowest BCUT2D eigenvalue weighted by Crippen LogP contribution is -2.11. The first-order chi connectivity index (χ1) is 10.3. The Morgan fingerprint density at radius 3 is 2.76 bits per heavy atom. The van der Waals surface area contributed by atoms with Gasteiger partial charge in [-0.3, -0.25) is 0 Å². The Morgan fingerprint density at radius 2 is 1.95 bits per heavy atom. The number of fused-ring (bicyclic) bond motifs is 1. The maximum Gasteiger partial charge on any atom is 0.0490 e. The third-order valence-corrected chi connectivity index (χ3v) is 4.08. The minimum absolute atomic E-state index is 0.801. The molecule has 21 heavy (non-hydrogen) atoms. The van der Waals surface area contributed by atoms with E-state index in [1.165, 1.54) is 16.5 Å². The lowest BCUT2D eigenvalue weighted by Gasteiger charge is -2.08. The van der Waals surface area contributed by atoms with Crippen molar-refractivity contribution in [2.24, 2.45) is 0 Å². The average molecular weight is 299 g/mol. The van der Waals surface area contributed by atoms with Gasteiger partial charge in [0, 0.05) is 29.8 Å². The molecule has 0 unspecified atom stereocenters. The van der Waals surface area contributed by atoms with Crippen LogP contribution in [0.2, 0.25) is 5.02 Å². The third-order valence-electron chi connectivity index (χ3n) is 3.71. The zero-order valence-corrected chi connectivity index (χ0v) is 12.9. The monoisotopic (exact) mass is 298 g/mol. The first kappa shape index (κ1) is 14.2. The summed E-state index contributed by atoms with van der Waals surface area (Å²) in [6.07, 6.45) is 2.13. The molecular weight excluding hydrogens is 280 g/mol. The van der Waals surface area contributed by atoms with Crippen LogP contribution in [0.4, 0.5) is 0 Å². The first-order valence-corrected chi connectivity index (χ1v) is 7.67. The third kappa shape index (κ3) is 3.12. The van der Waals surface area contributed by atoms with Crippen molar-refractivity contribution < 1.29 is 0 Å². The highest BCUT2D eigenvalue weighted by molar-refractivity contribution is 6.31. The molecule has 0 bridgehead atoms. The maximum absolute atomic E-state index is 6.25. The predicted molar refractivity (Wildman–Crippen MR) is 89.9 cm³/mol. The number of nitrogens with zero attached hydrogens (tertiary/aromatic N) is 1. The second-order valence-corrected chi connectivity index (χ2v) is 5.62. The topological polar surface area (TPSA) is 17.0 Å². The van der Waals surface area contributed by atoms with Gasteiger partial charge in [0.15, 0.2) is 0 Å². The lowest BCUT2D eigenvalue weighted by atomic mass is 10.1. The molecule has 3 rings (SSSR count). The Morgan fingerprint density at radius 1 is 1.10 bits per heavy atom. The number of halogens is 1. The molecule has 1 N–H and O–H groups in total. The zero-order valence-electron chi connectivity index (χ0n) is 12.1. The molecule has 2 nitrogen and oxygen atoms in total. The van der Waals surface area contributed by atoms with Crippen LogP contribution in [0, 0.1) is 0 Å². The van der Waals surface area contributed by atoms with Gasteiger partial charge >= 0.3 is 0 Å². The van der Waals surface area contributed by atoms with E-state index in [0.29, 0.717) is 0 Å². The molecule has 1 aromatic heterocycles. The summed E-state index contributed by atoms with van der Waals surface area (Å²) in [5.74, 6) is 0. The molecule has 0 saturated carbocycles. The van der Waals surface area contributed by atoms with Crippen LogP contribution in [0.5, 0.6) is 0 Å². The number of benzene rings is 2. The summed E-state index contributed by atoms with van der Waals surface area (Å²) in [6.45, 7) is 4.84. The van der Waals surface area contributed by atoms with Gasteiger partial charge in [0.1, 0.15) is 0 Å². The summed E-state index contributed by atoms with van der Waals surface area (Å²) in [7, 11) is 0. The normalized spacial score (nSPS) is 11.1. The molecule has 0 aliphatic carbocycles. The van der Waals surface area contributed by atoms with Gasteiger partial charge in [-0.1, -0.05) is 42.8 Å². The van der Waals surface area contributed by atoms with Crippen molar-refractivity contribution in [1.82, 2.24) is 9.88 Å². The van der Waals surface area contributed by atoms with Crippen LogP contribution >= 0.6 is 11.6 Å². The predicted octanol–water partition coefficient (Wildman–Crippen LogP) is 4.45. The van der Waals surface area contributed by atoms with E-state index in [4.69, 9.17) is 11.6 Å². The number of hydrogen-bond acceptors (Lipinski definition) is 1. The van der Waals surface area contributed by atoms with Crippen LogP contribution < -0.4 is 5.32 Å². The van der Waals surface area contributed by atoms with Crippen LogP contribution in [0.1, 0.15) is 18.1 Å². The summed E-state index contributed by atoms with van der Waals surface area (Å²) < 4.78 is 2.24. The van der Waals surface area contributed by atoms with E-state index < -0.39 is 0 Å². The molecule has 0 radical (unpaired) electrons. The van der Waals surface area contributed by atoms with Crippen molar-refractivity contribution in [3.05, 3.63) is 70.9 Å². The van der Waals surface area contributed by atoms with Crippen molar-refractivity contribution in [2.45, 2.75) is 20.0 Å². The molecule has 0 aliphatic rings. The van der Waals surface area contributed by atoms with Gasteiger partial charge in [0.05, 0.1) is 0 Å². The Balaban J connectivity index is 1.88. The number of rotatable bonds is 5. The minimum Gasteiger partial charge on any atom is -0.343 e. The summed E-state index contributed by atoms with van der Waals surface area (Å²) in [5.41, 5.74) is 3.71. The standard InChI is InChI=1S/C18H19ClN2/c1-2-20-12-14-7-8-18-15(11-14)9-10-21(18)13-16-5-3-4-6-17(16)19/h3-11,20H,2,12-13H2,1H3. The minimum atomic E-state index is 0.801. The number of aromatic nitrogens is 1. The fourth-order valence-electron chi connectivity index (χ4n) is 2.58. The van der Waals surface area contributed by atoms with E-state index in [1.807, 2.05) is 18.2 Å². The Bertz CT molecular complexity index is 746.